The lowest BCUT2D eigenvalue weighted by atomic mass is 10.0. The van der Waals surface area contributed by atoms with E-state index in [1.54, 1.807) is 0 Å². The molecule has 0 saturated heterocycles. The molecule has 81 heavy (non-hydrogen) atoms. The monoisotopic (exact) mass is 1160 g/mol. The molecule has 0 fully saturated rings. The highest BCUT2D eigenvalue weighted by Crippen LogP contribution is 2.43. The maximum atomic E-state index is 12.7. The lowest BCUT2D eigenvalue weighted by Gasteiger charge is -2.19. The summed E-state index contributed by atoms with van der Waals surface area (Å²) >= 11 is 0. The van der Waals surface area contributed by atoms with E-state index in [1.165, 1.54) is 218 Å². The van der Waals surface area contributed by atoms with Gasteiger partial charge in [0.25, 0.3) is 0 Å². The van der Waals surface area contributed by atoms with Crippen LogP contribution >= 0.6 is 7.82 Å². The summed E-state index contributed by atoms with van der Waals surface area (Å²) in [5, 5.41) is 0. The summed E-state index contributed by atoms with van der Waals surface area (Å²) in [6.45, 7) is 3.64. The van der Waals surface area contributed by atoms with Crippen LogP contribution in [0.2, 0.25) is 0 Å². The van der Waals surface area contributed by atoms with Crippen molar-refractivity contribution in [1.29, 1.82) is 0 Å². The van der Waals surface area contributed by atoms with E-state index in [0.717, 1.165) is 83.5 Å². The number of carbonyl (C=O) groups is 2. The van der Waals surface area contributed by atoms with Crippen molar-refractivity contribution >= 4 is 19.8 Å². The first-order chi connectivity index (χ1) is 39.8. The maximum Gasteiger partial charge on any atom is 0.472 e. The molecular formula is C71H130NO8P. The Kier molecular flexibility index (Phi) is 64.5. The van der Waals surface area contributed by atoms with Crippen molar-refractivity contribution in [2.75, 3.05) is 26.4 Å². The average Bonchev–Trinajstić information content (AvgIpc) is 3.46. The predicted molar refractivity (Wildman–Crippen MR) is 349 cm³/mol. The Labute approximate surface area is 501 Å². The summed E-state index contributed by atoms with van der Waals surface area (Å²) in [5.41, 5.74) is 5.39. The second kappa shape index (κ2) is 66.6. The third-order valence-corrected chi connectivity index (χ3v) is 16.1. The van der Waals surface area contributed by atoms with Gasteiger partial charge in [0, 0.05) is 19.4 Å². The highest BCUT2D eigenvalue weighted by atomic mass is 31.2. The summed E-state index contributed by atoms with van der Waals surface area (Å²) in [7, 11) is -4.40. The molecule has 0 spiro atoms. The SMILES string of the molecule is CC/C=C\C/C=C\C/C=C\C/C=C\C/C=C\C/C=C\CCCCCCC(=O)OC(COC(=O)CCCCCCCCCCCCCCCCCCCCCCCCCCCCCCCCCCCCCCC)COP(=O)(O)OCCN. The van der Waals surface area contributed by atoms with E-state index < -0.39 is 26.5 Å². The van der Waals surface area contributed by atoms with Gasteiger partial charge < -0.3 is 20.1 Å². The van der Waals surface area contributed by atoms with Crippen molar-refractivity contribution in [1.82, 2.24) is 0 Å². The Balaban J connectivity index is 3.83. The normalized spacial score (nSPS) is 13.4. The maximum absolute atomic E-state index is 12.7. The molecule has 0 heterocycles. The zero-order chi connectivity index (χ0) is 58.7. The lowest BCUT2D eigenvalue weighted by Crippen LogP contribution is -2.29. The van der Waals surface area contributed by atoms with Gasteiger partial charge in [0.15, 0.2) is 6.10 Å². The van der Waals surface area contributed by atoms with E-state index in [2.05, 4.69) is 86.8 Å². The molecule has 0 aromatic heterocycles. The minimum Gasteiger partial charge on any atom is -0.462 e. The van der Waals surface area contributed by atoms with Crippen molar-refractivity contribution in [2.24, 2.45) is 5.73 Å². The molecule has 472 valence electrons. The zero-order valence-corrected chi connectivity index (χ0v) is 53.9. The Bertz CT molecular complexity index is 1560. The molecule has 0 aliphatic rings. The number of hydrogen-bond donors (Lipinski definition) is 2. The zero-order valence-electron chi connectivity index (χ0n) is 53.0. The highest BCUT2D eigenvalue weighted by molar-refractivity contribution is 7.47. The molecule has 0 rings (SSSR count). The molecule has 0 aromatic rings. The van der Waals surface area contributed by atoms with Crippen molar-refractivity contribution in [3.63, 3.8) is 0 Å². The first-order valence-electron chi connectivity index (χ1n) is 34.4. The Morgan fingerprint density at radius 3 is 1.01 bits per heavy atom. The smallest absolute Gasteiger partial charge is 0.462 e. The first kappa shape index (κ1) is 78.5. The van der Waals surface area contributed by atoms with E-state index >= 15 is 0 Å². The van der Waals surface area contributed by atoms with Crippen LogP contribution in [0.25, 0.3) is 0 Å². The van der Waals surface area contributed by atoms with Gasteiger partial charge >= 0.3 is 19.8 Å². The number of unbranched alkanes of at least 4 members (excludes halogenated alkanes) is 40. The number of hydrogen-bond acceptors (Lipinski definition) is 8. The second-order valence-electron chi connectivity index (χ2n) is 23.0. The number of nitrogens with two attached hydrogens (primary N) is 1. The van der Waals surface area contributed by atoms with Crippen LogP contribution in [-0.4, -0.2) is 49.3 Å². The minimum atomic E-state index is -4.40. The van der Waals surface area contributed by atoms with Crippen LogP contribution in [0.5, 0.6) is 0 Å². The van der Waals surface area contributed by atoms with E-state index in [1.807, 2.05) is 0 Å². The molecule has 9 nitrogen and oxygen atoms in total. The fourth-order valence-electron chi connectivity index (χ4n) is 10.1. The Hall–Kier alpha value is -2.55. The van der Waals surface area contributed by atoms with Crippen LogP contribution in [0.3, 0.4) is 0 Å². The second-order valence-corrected chi connectivity index (χ2v) is 24.5. The van der Waals surface area contributed by atoms with Gasteiger partial charge in [-0.25, -0.2) is 4.57 Å². The summed E-state index contributed by atoms with van der Waals surface area (Å²) in [5.74, 6) is -0.847. The predicted octanol–water partition coefficient (Wildman–Crippen LogP) is 22.4. The van der Waals surface area contributed by atoms with Crippen LogP contribution in [0.4, 0.5) is 0 Å². The van der Waals surface area contributed by atoms with Gasteiger partial charge in [0.2, 0.25) is 0 Å². The van der Waals surface area contributed by atoms with E-state index in [4.69, 9.17) is 24.3 Å². The number of carbonyl (C=O) groups excluding carboxylic acids is 2. The molecule has 10 heteroatoms. The molecule has 0 bridgehead atoms. The fourth-order valence-corrected chi connectivity index (χ4v) is 10.8. The molecule has 0 aliphatic carbocycles. The summed E-state index contributed by atoms with van der Waals surface area (Å²) in [6.07, 6.45) is 87.3. The molecule has 0 amide bonds. The average molecular weight is 1160 g/mol. The van der Waals surface area contributed by atoms with E-state index in [9.17, 15) is 19.0 Å². The lowest BCUT2D eigenvalue weighted by molar-refractivity contribution is -0.161. The number of allylic oxidation sites excluding steroid dienone is 12. The Morgan fingerprint density at radius 2 is 0.679 bits per heavy atom. The van der Waals surface area contributed by atoms with Gasteiger partial charge in [-0.15, -0.1) is 0 Å². The van der Waals surface area contributed by atoms with Crippen LogP contribution < -0.4 is 5.73 Å². The quantitative estimate of drug-likeness (QED) is 0.0264. The number of esters is 2. The van der Waals surface area contributed by atoms with Gasteiger partial charge in [0.1, 0.15) is 6.61 Å². The fraction of sp³-hybridized carbons (Fsp3) is 0.803. The standard InChI is InChI=1S/C71H130NO8P/c1-3-5-7-9-11-13-15-17-19-21-23-25-27-28-29-30-31-32-33-34-35-36-37-38-39-40-42-43-45-47-49-51-53-55-57-59-61-63-70(73)77-67-69(68-79-81(75,76)78-66-65-72)80-71(74)64-62-60-58-56-54-52-50-48-46-44-41-26-24-22-20-18-16-14-12-10-8-6-4-2/h6,8,12,14,18,20,24,26,44,46,50,52,69H,3-5,7,9-11,13,15-17,19,21-23,25,27-43,45,47-49,51,53-68,72H2,1-2H3,(H,75,76)/b8-6-,14-12-,20-18-,26-24-,46-44-,52-50-. The molecule has 0 aliphatic heterocycles. The number of rotatable bonds is 65. The number of phosphoric ester groups is 1. The molecule has 3 N–H and O–H groups in total. The van der Waals surface area contributed by atoms with E-state index in [-0.39, 0.29) is 38.6 Å². The topological polar surface area (TPSA) is 134 Å². The van der Waals surface area contributed by atoms with Gasteiger partial charge in [-0.3, -0.25) is 18.6 Å². The molecule has 0 saturated carbocycles. The van der Waals surface area contributed by atoms with E-state index in [0.29, 0.717) is 6.42 Å². The molecule has 2 unspecified atom stereocenters. The summed E-state index contributed by atoms with van der Waals surface area (Å²) in [4.78, 5) is 35.3. The summed E-state index contributed by atoms with van der Waals surface area (Å²) < 4.78 is 33.1. The highest BCUT2D eigenvalue weighted by Gasteiger charge is 2.26. The van der Waals surface area contributed by atoms with Crippen LogP contribution in [-0.2, 0) is 32.7 Å². The summed E-state index contributed by atoms with van der Waals surface area (Å²) in [6, 6.07) is 0. The Morgan fingerprint density at radius 1 is 0.383 bits per heavy atom. The van der Waals surface area contributed by atoms with Crippen molar-refractivity contribution in [2.45, 2.75) is 341 Å². The first-order valence-corrected chi connectivity index (χ1v) is 35.9. The van der Waals surface area contributed by atoms with Gasteiger partial charge in [-0.2, -0.15) is 0 Å². The van der Waals surface area contributed by atoms with Gasteiger partial charge in [0.05, 0.1) is 13.2 Å². The van der Waals surface area contributed by atoms with Crippen LogP contribution in [0.15, 0.2) is 72.9 Å². The largest absolute Gasteiger partial charge is 0.472 e. The molecule has 2 atom stereocenters. The number of ether oxygens (including phenoxy) is 2. The minimum absolute atomic E-state index is 0.0467. The van der Waals surface area contributed by atoms with Crippen molar-refractivity contribution in [3.05, 3.63) is 72.9 Å². The number of phosphoric acid groups is 1. The molecule has 0 radical (unpaired) electrons. The van der Waals surface area contributed by atoms with Gasteiger partial charge in [-0.05, 0) is 64.2 Å². The van der Waals surface area contributed by atoms with Gasteiger partial charge in [-0.1, -0.05) is 331 Å². The van der Waals surface area contributed by atoms with Crippen LogP contribution in [0, 0.1) is 0 Å². The molecular weight excluding hydrogens is 1030 g/mol. The third-order valence-electron chi connectivity index (χ3n) is 15.1. The van der Waals surface area contributed by atoms with Crippen molar-refractivity contribution < 1.29 is 37.6 Å². The van der Waals surface area contributed by atoms with Crippen LogP contribution in [0.1, 0.15) is 335 Å². The molecule has 0 aromatic carbocycles. The third kappa shape index (κ3) is 66.5. The van der Waals surface area contributed by atoms with Crippen molar-refractivity contribution in [3.8, 4) is 0 Å².